The van der Waals surface area contributed by atoms with Crippen LogP contribution in [0.25, 0.3) is 0 Å². The first-order valence-corrected chi connectivity index (χ1v) is 9.86. The van der Waals surface area contributed by atoms with Crippen molar-refractivity contribution >= 4 is 17.8 Å². The fourth-order valence-corrected chi connectivity index (χ4v) is 3.57. The van der Waals surface area contributed by atoms with Gasteiger partial charge in [0, 0.05) is 19.6 Å². The number of benzene rings is 1. The molecule has 3 rings (SSSR count). The molecule has 2 aliphatic rings. The van der Waals surface area contributed by atoms with Gasteiger partial charge in [0.1, 0.15) is 5.54 Å². The van der Waals surface area contributed by atoms with E-state index in [0.717, 1.165) is 44.2 Å². The van der Waals surface area contributed by atoms with Gasteiger partial charge in [-0.05, 0) is 38.4 Å². The topological polar surface area (TPSA) is 85.0 Å². The highest BCUT2D eigenvalue weighted by molar-refractivity contribution is 6.07. The fraction of sp³-hybridized carbons (Fsp3) is 0.550. The summed E-state index contributed by atoms with van der Waals surface area (Å²) >= 11 is 0. The average Bonchev–Trinajstić information content (AvgIpc) is 2.83. The summed E-state index contributed by atoms with van der Waals surface area (Å²) in [5.41, 5.74) is 2.79. The van der Waals surface area contributed by atoms with Crippen LogP contribution in [0, 0.1) is 0 Å². The molecule has 8 nitrogen and oxygen atoms in total. The van der Waals surface area contributed by atoms with Crippen LogP contribution >= 0.6 is 0 Å². The van der Waals surface area contributed by atoms with Gasteiger partial charge >= 0.3 is 6.03 Å². The fourth-order valence-electron chi connectivity index (χ4n) is 3.57. The van der Waals surface area contributed by atoms with E-state index in [4.69, 9.17) is 0 Å². The second-order valence-electron chi connectivity index (χ2n) is 7.68. The van der Waals surface area contributed by atoms with Gasteiger partial charge in [-0.25, -0.2) is 4.79 Å². The molecule has 1 atom stereocenters. The van der Waals surface area contributed by atoms with Gasteiger partial charge < -0.3 is 5.32 Å². The highest BCUT2D eigenvalue weighted by Gasteiger charge is 2.47. The summed E-state index contributed by atoms with van der Waals surface area (Å²) in [4.78, 5) is 41.2. The minimum atomic E-state index is -0.953. The first kappa shape index (κ1) is 20.3. The molecule has 2 fully saturated rings. The Morgan fingerprint density at radius 2 is 1.79 bits per heavy atom. The molecule has 0 bridgehead atoms. The molecule has 28 heavy (non-hydrogen) atoms. The van der Waals surface area contributed by atoms with E-state index in [1.54, 1.807) is 6.92 Å². The number of carbonyl (C=O) groups excluding carboxylic acids is 3. The molecule has 152 valence electrons. The molecular weight excluding hydrogens is 358 g/mol. The Morgan fingerprint density at radius 3 is 2.46 bits per heavy atom. The van der Waals surface area contributed by atoms with E-state index in [9.17, 15) is 14.4 Å². The van der Waals surface area contributed by atoms with E-state index < -0.39 is 17.5 Å². The van der Waals surface area contributed by atoms with Crippen molar-refractivity contribution in [3.8, 4) is 0 Å². The lowest BCUT2D eigenvalue weighted by Crippen LogP contribution is -2.51. The van der Waals surface area contributed by atoms with Gasteiger partial charge in [-0.1, -0.05) is 37.3 Å². The van der Waals surface area contributed by atoms with Crippen LogP contribution in [-0.2, 0) is 16.1 Å². The molecule has 0 aromatic heterocycles. The lowest BCUT2D eigenvalue weighted by molar-refractivity contribution is -0.139. The van der Waals surface area contributed by atoms with Crippen LogP contribution in [-0.4, -0.2) is 70.9 Å². The third kappa shape index (κ3) is 4.69. The minimum Gasteiger partial charge on any atom is -0.322 e. The van der Waals surface area contributed by atoms with Crippen molar-refractivity contribution in [2.75, 3.05) is 32.7 Å². The Balaban J connectivity index is 1.48. The van der Waals surface area contributed by atoms with Crippen molar-refractivity contribution in [1.82, 2.24) is 25.6 Å². The standard InChI is InChI=1S/C20H29N5O3/c1-3-20(2)18(27)25(19(28)21-20)22-17(26)15-24-11-7-10-23(12-13-24)14-16-8-5-4-6-9-16/h4-6,8-9H,3,7,10-15H2,1-2H3,(H,21,28)(H,22,26). The number of hydrogen-bond acceptors (Lipinski definition) is 5. The monoisotopic (exact) mass is 387 g/mol. The van der Waals surface area contributed by atoms with E-state index in [2.05, 4.69) is 32.7 Å². The largest absolute Gasteiger partial charge is 0.344 e. The molecule has 1 aromatic carbocycles. The second-order valence-corrected chi connectivity index (χ2v) is 7.68. The summed E-state index contributed by atoms with van der Waals surface area (Å²) in [6.07, 6.45) is 1.43. The molecule has 2 saturated heterocycles. The number of nitrogens with zero attached hydrogens (tertiary/aromatic N) is 3. The molecule has 1 unspecified atom stereocenters. The Hall–Kier alpha value is -2.45. The van der Waals surface area contributed by atoms with Crippen LogP contribution in [0.5, 0.6) is 0 Å². The highest BCUT2D eigenvalue weighted by Crippen LogP contribution is 2.19. The van der Waals surface area contributed by atoms with E-state index in [1.165, 1.54) is 5.56 Å². The van der Waals surface area contributed by atoms with Crippen LogP contribution in [0.15, 0.2) is 30.3 Å². The summed E-state index contributed by atoms with van der Waals surface area (Å²) in [7, 11) is 0. The van der Waals surface area contributed by atoms with E-state index in [0.29, 0.717) is 6.42 Å². The van der Waals surface area contributed by atoms with Gasteiger partial charge in [0.25, 0.3) is 11.8 Å². The molecule has 8 heteroatoms. The molecule has 4 amide bonds. The number of hydrazine groups is 1. The zero-order valence-corrected chi connectivity index (χ0v) is 16.6. The lowest BCUT2D eigenvalue weighted by Gasteiger charge is -2.23. The van der Waals surface area contributed by atoms with Gasteiger partial charge in [0.2, 0.25) is 0 Å². The van der Waals surface area contributed by atoms with Gasteiger partial charge in [-0.2, -0.15) is 5.01 Å². The molecule has 2 aliphatic heterocycles. The molecule has 0 spiro atoms. The molecule has 0 saturated carbocycles. The van der Waals surface area contributed by atoms with E-state index >= 15 is 0 Å². The van der Waals surface area contributed by atoms with Crippen molar-refractivity contribution in [2.24, 2.45) is 0 Å². The first-order valence-electron chi connectivity index (χ1n) is 9.86. The average molecular weight is 387 g/mol. The normalized spacial score (nSPS) is 24.1. The van der Waals surface area contributed by atoms with Crippen LogP contribution < -0.4 is 10.7 Å². The Labute approximate surface area is 165 Å². The van der Waals surface area contributed by atoms with Gasteiger partial charge in [-0.15, -0.1) is 0 Å². The van der Waals surface area contributed by atoms with Crippen LogP contribution in [0.4, 0.5) is 4.79 Å². The molecule has 0 radical (unpaired) electrons. The predicted molar refractivity (Wildman–Crippen MR) is 105 cm³/mol. The third-order valence-corrected chi connectivity index (χ3v) is 5.50. The summed E-state index contributed by atoms with van der Waals surface area (Å²) in [6.45, 7) is 7.99. The summed E-state index contributed by atoms with van der Waals surface area (Å²) < 4.78 is 0. The number of carbonyl (C=O) groups is 3. The number of amides is 4. The van der Waals surface area contributed by atoms with Crippen molar-refractivity contribution in [3.63, 3.8) is 0 Å². The first-order chi connectivity index (χ1) is 13.4. The third-order valence-electron chi connectivity index (χ3n) is 5.50. The quantitative estimate of drug-likeness (QED) is 0.710. The summed E-state index contributed by atoms with van der Waals surface area (Å²) in [5, 5.41) is 3.44. The number of rotatable bonds is 6. The molecule has 0 aliphatic carbocycles. The van der Waals surface area contributed by atoms with Gasteiger partial charge in [0.05, 0.1) is 6.54 Å². The maximum atomic E-state index is 12.4. The van der Waals surface area contributed by atoms with Crippen molar-refractivity contribution in [1.29, 1.82) is 0 Å². The van der Waals surface area contributed by atoms with Crippen LogP contribution in [0.3, 0.4) is 0 Å². The SMILES string of the molecule is CCC1(C)NC(=O)N(NC(=O)CN2CCCN(Cc3ccccc3)CC2)C1=O. The van der Waals surface area contributed by atoms with Crippen LogP contribution in [0.2, 0.25) is 0 Å². The maximum Gasteiger partial charge on any atom is 0.344 e. The van der Waals surface area contributed by atoms with Crippen molar-refractivity contribution in [2.45, 2.75) is 38.8 Å². The maximum absolute atomic E-state index is 12.4. The van der Waals surface area contributed by atoms with E-state index in [1.807, 2.05) is 25.1 Å². The Kier molecular flexibility index (Phi) is 6.31. The molecule has 1 aromatic rings. The van der Waals surface area contributed by atoms with Gasteiger partial charge in [0.15, 0.2) is 0 Å². The minimum absolute atomic E-state index is 0.166. The Bertz CT molecular complexity index is 726. The molecule has 2 N–H and O–H groups in total. The van der Waals surface area contributed by atoms with E-state index in [-0.39, 0.29) is 12.5 Å². The van der Waals surface area contributed by atoms with Gasteiger partial charge in [-0.3, -0.25) is 24.8 Å². The lowest BCUT2D eigenvalue weighted by atomic mass is 10.00. The number of imide groups is 1. The zero-order valence-electron chi connectivity index (χ0n) is 16.6. The van der Waals surface area contributed by atoms with Crippen LogP contribution in [0.1, 0.15) is 32.3 Å². The second kappa shape index (κ2) is 8.70. The molecule has 2 heterocycles. The number of hydrogen-bond donors (Lipinski definition) is 2. The predicted octanol–water partition coefficient (Wildman–Crippen LogP) is 0.946. The van der Waals surface area contributed by atoms with Crippen molar-refractivity contribution < 1.29 is 14.4 Å². The smallest absolute Gasteiger partial charge is 0.322 e. The summed E-state index contributed by atoms with van der Waals surface area (Å²) in [6, 6.07) is 9.77. The highest BCUT2D eigenvalue weighted by atomic mass is 16.2. The van der Waals surface area contributed by atoms with Crippen molar-refractivity contribution in [3.05, 3.63) is 35.9 Å². The molecular formula is C20H29N5O3. The Morgan fingerprint density at radius 1 is 1.11 bits per heavy atom. The summed E-state index contributed by atoms with van der Waals surface area (Å²) in [5.74, 6) is -0.765. The zero-order chi connectivity index (χ0) is 20.1. The number of nitrogens with one attached hydrogen (secondary N) is 2. The number of urea groups is 1.